The maximum absolute atomic E-state index is 13.0. The lowest BCUT2D eigenvalue weighted by Crippen LogP contribution is -2.27. The number of halogens is 2. The number of rotatable bonds is 2. The van der Waals surface area contributed by atoms with Gasteiger partial charge in [0.15, 0.2) is 0 Å². The van der Waals surface area contributed by atoms with E-state index in [1.165, 1.54) is 18.6 Å². The average molecular weight is 358 g/mol. The molecule has 96 valence electrons. The third-order valence-electron chi connectivity index (χ3n) is 3.45. The lowest BCUT2D eigenvalue weighted by molar-refractivity contribution is 0.514. The summed E-state index contributed by atoms with van der Waals surface area (Å²) >= 11 is 2.13. The predicted molar refractivity (Wildman–Crippen MR) is 78.7 cm³/mol. The molecule has 0 bridgehead atoms. The van der Waals surface area contributed by atoms with E-state index in [-0.39, 0.29) is 17.8 Å². The summed E-state index contributed by atoms with van der Waals surface area (Å²) in [6, 6.07) is 7.33. The van der Waals surface area contributed by atoms with Crippen LogP contribution in [0.4, 0.5) is 10.1 Å². The van der Waals surface area contributed by atoms with Gasteiger partial charge in [-0.3, -0.25) is 0 Å². The van der Waals surface area contributed by atoms with E-state index in [0.29, 0.717) is 0 Å². The topological polar surface area (TPSA) is 35.8 Å². The molecule has 0 aromatic heterocycles. The van der Waals surface area contributed by atoms with Crippen molar-refractivity contribution in [2.24, 2.45) is 5.92 Å². The first-order chi connectivity index (χ1) is 8.70. The maximum Gasteiger partial charge on any atom is 0.124 e. The van der Waals surface area contributed by atoms with E-state index in [1.807, 2.05) is 0 Å². The molecule has 0 aliphatic heterocycles. The second-order valence-electron chi connectivity index (χ2n) is 4.75. The molecule has 1 saturated carbocycles. The molecule has 1 aromatic rings. The number of hydrogen-bond donors (Lipinski definition) is 1. The fourth-order valence-electron chi connectivity index (χ4n) is 2.44. The quantitative estimate of drug-likeness (QED) is 0.632. The van der Waals surface area contributed by atoms with Gasteiger partial charge in [-0.2, -0.15) is 5.26 Å². The summed E-state index contributed by atoms with van der Waals surface area (Å²) in [7, 11) is 0. The van der Waals surface area contributed by atoms with Gasteiger partial charge in [0, 0.05) is 15.3 Å². The van der Waals surface area contributed by atoms with Crippen LogP contribution in [0.2, 0.25) is 0 Å². The fourth-order valence-corrected chi connectivity index (χ4v) is 3.07. The molecule has 0 heterocycles. The Labute approximate surface area is 121 Å². The van der Waals surface area contributed by atoms with Crippen molar-refractivity contribution in [2.75, 3.05) is 5.32 Å². The zero-order valence-electron chi connectivity index (χ0n) is 10.1. The normalized spacial score (nSPS) is 24.1. The second-order valence-corrected chi connectivity index (χ2v) is 5.91. The van der Waals surface area contributed by atoms with E-state index in [0.717, 1.165) is 34.9 Å². The summed E-state index contributed by atoms with van der Waals surface area (Å²) < 4.78 is 13.9. The average Bonchev–Trinajstić information content (AvgIpc) is 2.57. The summed E-state index contributed by atoms with van der Waals surface area (Å²) in [4.78, 5) is 0. The molecule has 2 unspecified atom stereocenters. The summed E-state index contributed by atoms with van der Waals surface area (Å²) in [5, 5.41) is 12.6. The van der Waals surface area contributed by atoms with Gasteiger partial charge in [-0.1, -0.05) is 19.3 Å². The predicted octanol–water partition coefficient (Wildman–Crippen LogP) is 4.31. The molecule has 2 atom stereocenters. The highest BCUT2D eigenvalue weighted by molar-refractivity contribution is 14.1. The molecule has 1 aliphatic carbocycles. The van der Waals surface area contributed by atoms with Crippen LogP contribution in [-0.4, -0.2) is 6.04 Å². The number of hydrogen-bond acceptors (Lipinski definition) is 2. The standard InChI is InChI=1S/C14H16FIN2/c15-11-6-7-14(12(16)8-11)18-13-5-3-1-2-4-10(13)9-17/h6-8,10,13,18H,1-5H2. The minimum absolute atomic E-state index is 0.0633. The summed E-state index contributed by atoms with van der Waals surface area (Å²) in [6.07, 6.45) is 5.49. The van der Waals surface area contributed by atoms with Crippen LogP contribution < -0.4 is 5.32 Å². The van der Waals surface area contributed by atoms with E-state index in [4.69, 9.17) is 0 Å². The molecule has 0 amide bonds. The van der Waals surface area contributed by atoms with Crippen LogP contribution in [0, 0.1) is 26.6 Å². The molecule has 1 N–H and O–H groups in total. The van der Waals surface area contributed by atoms with Gasteiger partial charge in [0.2, 0.25) is 0 Å². The number of benzene rings is 1. The van der Waals surface area contributed by atoms with Gasteiger partial charge < -0.3 is 5.32 Å². The van der Waals surface area contributed by atoms with E-state index < -0.39 is 0 Å². The molecule has 0 spiro atoms. The van der Waals surface area contributed by atoms with E-state index in [9.17, 15) is 9.65 Å². The minimum Gasteiger partial charge on any atom is -0.380 e. The van der Waals surface area contributed by atoms with Crippen molar-refractivity contribution in [2.45, 2.75) is 38.1 Å². The first-order valence-electron chi connectivity index (χ1n) is 6.32. The first kappa shape index (κ1) is 13.6. The van der Waals surface area contributed by atoms with Crippen molar-refractivity contribution in [1.82, 2.24) is 0 Å². The minimum atomic E-state index is -0.220. The lowest BCUT2D eigenvalue weighted by atomic mass is 9.96. The molecule has 18 heavy (non-hydrogen) atoms. The molecule has 2 nitrogen and oxygen atoms in total. The molecule has 2 rings (SSSR count). The van der Waals surface area contributed by atoms with Crippen LogP contribution in [-0.2, 0) is 0 Å². The van der Waals surface area contributed by atoms with Crippen LogP contribution in [0.15, 0.2) is 18.2 Å². The van der Waals surface area contributed by atoms with Crippen molar-refractivity contribution >= 4 is 28.3 Å². The van der Waals surface area contributed by atoms with Crippen LogP contribution in [0.25, 0.3) is 0 Å². The Morgan fingerprint density at radius 3 is 2.78 bits per heavy atom. The summed E-state index contributed by atoms with van der Waals surface area (Å²) in [5.74, 6) is -0.156. The van der Waals surface area contributed by atoms with Crippen LogP contribution >= 0.6 is 22.6 Å². The van der Waals surface area contributed by atoms with Gasteiger partial charge in [0.25, 0.3) is 0 Å². The highest BCUT2D eigenvalue weighted by Crippen LogP contribution is 2.28. The Morgan fingerprint density at radius 1 is 1.28 bits per heavy atom. The van der Waals surface area contributed by atoms with Crippen LogP contribution in [0.3, 0.4) is 0 Å². The first-order valence-corrected chi connectivity index (χ1v) is 7.40. The Hall–Kier alpha value is -0.830. The largest absolute Gasteiger partial charge is 0.380 e. The van der Waals surface area contributed by atoms with Gasteiger partial charge in [-0.15, -0.1) is 0 Å². The van der Waals surface area contributed by atoms with Crippen molar-refractivity contribution in [3.8, 4) is 6.07 Å². The summed E-state index contributed by atoms with van der Waals surface area (Å²) in [6.45, 7) is 0. The lowest BCUT2D eigenvalue weighted by Gasteiger charge is -2.22. The van der Waals surface area contributed by atoms with Gasteiger partial charge in [0.05, 0.1) is 12.0 Å². The smallest absolute Gasteiger partial charge is 0.124 e. The Morgan fingerprint density at radius 2 is 2.06 bits per heavy atom. The van der Waals surface area contributed by atoms with Gasteiger partial charge >= 0.3 is 0 Å². The third-order valence-corrected chi connectivity index (χ3v) is 4.35. The van der Waals surface area contributed by atoms with E-state index in [1.54, 1.807) is 6.07 Å². The fraction of sp³-hybridized carbons (Fsp3) is 0.500. The van der Waals surface area contributed by atoms with Crippen molar-refractivity contribution in [3.63, 3.8) is 0 Å². The molecular weight excluding hydrogens is 342 g/mol. The Balaban J connectivity index is 2.13. The van der Waals surface area contributed by atoms with Gasteiger partial charge in [0.1, 0.15) is 5.82 Å². The number of nitrogens with one attached hydrogen (secondary N) is 1. The van der Waals surface area contributed by atoms with Gasteiger partial charge in [-0.05, 0) is 53.6 Å². The number of anilines is 1. The Bertz CT molecular complexity index is 456. The molecule has 1 fully saturated rings. The summed E-state index contributed by atoms with van der Waals surface area (Å²) in [5.41, 5.74) is 0.934. The molecule has 1 aliphatic rings. The molecule has 4 heteroatoms. The van der Waals surface area contributed by atoms with Crippen molar-refractivity contribution < 1.29 is 4.39 Å². The van der Waals surface area contributed by atoms with Crippen molar-refractivity contribution in [3.05, 3.63) is 27.6 Å². The highest BCUT2D eigenvalue weighted by Gasteiger charge is 2.23. The van der Waals surface area contributed by atoms with E-state index in [2.05, 4.69) is 34.0 Å². The van der Waals surface area contributed by atoms with E-state index >= 15 is 0 Å². The van der Waals surface area contributed by atoms with Crippen LogP contribution in [0.5, 0.6) is 0 Å². The molecule has 1 aromatic carbocycles. The molecule has 0 radical (unpaired) electrons. The SMILES string of the molecule is N#CC1CCCCCC1Nc1ccc(F)cc1I. The van der Waals surface area contributed by atoms with Crippen LogP contribution in [0.1, 0.15) is 32.1 Å². The highest BCUT2D eigenvalue weighted by atomic mass is 127. The zero-order valence-corrected chi connectivity index (χ0v) is 12.3. The number of nitrogens with zero attached hydrogens (tertiary/aromatic N) is 1. The Kier molecular flexibility index (Phi) is 4.81. The maximum atomic E-state index is 13.0. The van der Waals surface area contributed by atoms with Gasteiger partial charge in [-0.25, -0.2) is 4.39 Å². The molecule has 0 saturated heterocycles. The number of nitriles is 1. The molecular formula is C14H16FIN2. The zero-order chi connectivity index (χ0) is 13.0. The third kappa shape index (κ3) is 3.35. The monoisotopic (exact) mass is 358 g/mol. The van der Waals surface area contributed by atoms with Crippen molar-refractivity contribution in [1.29, 1.82) is 5.26 Å². The second kappa shape index (κ2) is 6.37.